The van der Waals surface area contributed by atoms with Gasteiger partial charge >= 0.3 is 0 Å². The molecule has 5 unspecified atom stereocenters. The SMILES string of the molecule is CC1(C)CCCC2(C)C1CCC1(C)OC(C(C=O)=CC=O)CC12. The van der Waals surface area contributed by atoms with Gasteiger partial charge in [0.1, 0.15) is 12.6 Å². The Morgan fingerprint density at radius 2 is 1.78 bits per heavy atom. The number of rotatable bonds is 3. The van der Waals surface area contributed by atoms with Gasteiger partial charge in [0, 0.05) is 5.57 Å². The van der Waals surface area contributed by atoms with E-state index in [0.717, 1.165) is 25.0 Å². The van der Waals surface area contributed by atoms with Crippen LogP contribution >= 0.6 is 0 Å². The summed E-state index contributed by atoms with van der Waals surface area (Å²) in [6, 6.07) is 0. The highest BCUT2D eigenvalue weighted by atomic mass is 16.5. The van der Waals surface area contributed by atoms with Crippen LogP contribution in [-0.4, -0.2) is 24.3 Å². The van der Waals surface area contributed by atoms with Gasteiger partial charge in [0.25, 0.3) is 0 Å². The molecule has 2 aliphatic carbocycles. The first-order valence-corrected chi connectivity index (χ1v) is 9.05. The minimum Gasteiger partial charge on any atom is -0.367 e. The molecule has 1 heterocycles. The van der Waals surface area contributed by atoms with Crippen molar-refractivity contribution in [1.29, 1.82) is 0 Å². The molecule has 128 valence electrons. The number of ether oxygens (including phenoxy) is 1. The molecule has 0 bridgehead atoms. The molecule has 3 rings (SSSR count). The van der Waals surface area contributed by atoms with E-state index in [1.807, 2.05) is 0 Å². The average molecular weight is 318 g/mol. The van der Waals surface area contributed by atoms with Gasteiger partial charge in [-0.3, -0.25) is 9.59 Å². The highest BCUT2D eigenvalue weighted by molar-refractivity contribution is 5.83. The molecular weight excluding hydrogens is 288 g/mol. The fourth-order valence-electron chi connectivity index (χ4n) is 6.36. The smallest absolute Gasteiger partial charge is 0.148 e. The Morgan fingerprint density at radius 1 is 1.04 bits per heavy atom. The first-order valence-electron chi connectivity index (χ1n) is 9.05. The van der Waals surface area contributed by atoms with Crippen LogP contribution in [0.2, 0.25) is 0 Å². The fraction of sp³-hybridized carbons (Fsp3) is 0.800. The third-order valence-electron chi connectivity index (χ3n) is 7.37. The van der Waals surface area contributed by atoms with Crippen molar-refractivity contribution in [2.24, 2.45) is 22.7 Å². The monoisotopic (exact) mass is 318 g/mol. The summed E-state index contributed by atoms with van der Waals surface area (Å²) in [4.78, 5) is 22.2. The van der Waals surface area contributed by atoms with Crippen molar-refractivity contribution < 1.29 is 14.3 Å². The Hall–Kier alpha value is -0.960. The molecule has 3 aliphatic rings. The van der Waals surface area contributed by atoms with E-state index in [2.05, 4.69) is 27.7 Å². The van der Waals surface area contributed by atoms with Crippen LogP contribution in [-0.2, 0) is 14.3 Å². The van der Waals surface area contributed by atoms with Crippen LogP contribution in [0.15, 0.2) is 11.6 Å². The number of aldehydes is 2. The quantitative estimate of drug-likeness (QED) is 0.581. The Bertz CT molecular complexity index is 535. The van der Waals surface area contributed by atoms with E-state index in [9.17, 15) is 9.59 Å². The minimum absolute atomic E-state index is 0.158. The largest absolute Gasteiger partial charge is 0.367 e. The van der Waals surface area contributed by atoms with Crippen LogP contribution in [0.1, 0.15) is 66.2 Å². The zero-order chi connectivity index (χ0) is 16.9. The minimum atomic E-state index is -0.215. The molecule has 2 saturated carbocycles. The molecule has 0 aromatic rings. The Morgan fingerprint density at radius 3 is 2.43 bits per heavy atom. The normalized spacial score (nSPS) is 45.9. The number of hydrogen-bond donors (Lipinski definition) is 0. The summed E-state index contributed by atoms with van der Waals surface area (Å²) in [5.41, 5.74) is 1.01. The zero-order valence-electron chi connectivity index (χ0n) is 14.9. The van der Waals surface area contributed by atoms with Crippen LogP contribution in [0.4, 0.5) is 0 Å². The summed E-state index contributed by atoms with van der Waals surface area (Å²) in [5.74, 6) is 1.19. The summed E-state index contributed by atoms with van der Waals surface area (Å²) in [7, 11) is 0. The van der Waals surface area contributed by atoms with Crippen molar-refractivity contribution in [3.05, 3.63) is 11.6 Å². The number of carbonyl (C=O) groups is 2. The van der Waals surface area contributed by atoms with Gasteiger partial charge in [0.15, 0.2) is 0 Å². The number of fused-ring (bicyclic) bond motifs is 3. The van der Waals surface area contributed by atoms with Crippen molar-refractivity contribution >= 4 is 12.6 Å². The van der Waals surface area contributed by atoms with Crippen LogP contribution in [0.5, 0.6) is 0 Å². The topological polar surface area (TPSA) is 43.4 Å². The molecule has 1 saturated heterocycles. The maximum absolute atomic E-state index is 11.4. The highest BCUT2D eigenvalue weighted by Gasteiger charge is 2.62. The lowest BCUT2D eigenvalue weighted by Crippen LogP contribution is -2.55. The van der Waals surface area contributed by atoms with Crippen molar-refractivity contribution in [1.82, 2.24) is 0 Å². The predicted octanol–water partition coefficient (Wildman–Crippen LogP) is 4.10. The Labute approximate surface area is 139 Å². The standard InChI is InChI=1S/C20H30O3/c1-18(2)8-5-9-19(3)16(18)6-10-20(4)17(19)12-15(23-20)14(13-22)7-11-21/h7,11,13,15-17H,5-6,8-10,12H2,1-4H3. The third-order valence-corrected chi connectivity index (χ3v) is 7.37. The number of hydrogen-bond acceptors (Lipinski definition) is 3. The van der Waals surface area contributed by atoms with Gasteiger partial charge in [0.2, 0.25) is 0 Å². The molecule has 5 atom stereocenters. The highest BCUT2D eigenvalue weighted by Crippen LogP contribution is 2.65. The van der Waals surface area contributed by atoms with Crippen molar-refractivity contribution in [2.45, 2.75) is 77.9 Å². The van der Waals surface area contributed by atoms with Gasteiger partial charge in [-0.05, 0) is 67.8 Å². The van der Waals surface area contributed by atoms with Crippen LogP contribution in [0, 0.1) is 22.7 Å². The first kappa shape index (κ1) is 16.9. The van der Waals surface area contributed by atoms with Crippen LogP contribution in [0.25, 0.3) is 0 Å². The van der Waals surface area contributed by atoms with Gasteiger partial charge < -0.3 is 4.74 Å². The summed E-state index contributed by atoms with van der Waals surface area (Å²) >= 11 is 0. The maximum Gasteiger partial charge on any atom is 0.148 e. The van der Waals surface area contributed by atoms with E-state index < -0.39 is 0 Å². The van der Waals surface area contributed by atoms with E-state index >= 15 is 0 Å². The molecule has 0 amide bonds. The number of carbonyl (C=O) groups excluding carboxylic acids is 2. The first-order chi connectivity index (χ1) is 10.8. The molecule has 0 aromatic heterocycles. The molecule has 23 heavy (non-hydrogen) atoms. The second-order valence-electron chi connectivity index (χ2n) is 9.07. The van der Waals surface area contributed by atoms with Crippen molar-refractivity contribution in [3.63, 3.8) is 0 Å². The van der Waals surface area contributed by atoms with Crippen LogP contribution in [0.3, 0.4) is 0 Å². The lowest BCUT2D eigenvalue weighted by Gasteiger charge is -2.60. The van der Waals surface area contributed by atoms with Gasteiger partial charge in [0.05, 0.1) is 11.7 Å². The summed E-state index contributed by atoms with van der Waals surface area (Å²) in [6.07, 6.45) is 9.64. The fourth-order valence-corrected chi connectivity index (χ4v) is 6.36. The summed E-state index contributed by atoms with van der Waals surface area (Å²) in [6.45, 7) is 9.53. The Kier molecular flexibility index (Phi) is 4.07. The molecule has 3 heteroatoms. The van der Waals surface area contributed by atoms with E-state index in [-0.39, 0.29) is 17.1 Å². The molecule has 3 nitrogen and oxygen atoms in total. The van der Waals surface area contributed by atoms with Gasteiger partial charge in [-0.25, -0.2) is 0 Å². The molecule has 0 spiro atoms. The molecule has 0 radical (unpaired) electrons. The number of allylic oxidation sites excluding steroid dienone is 1. The van der Waals surface area contributed by atoms with Crippen molar-refractivity contribution in [3.8, 4) is 0 Å². The van der Waals surface area contributed by atoms with Gasteiger partial charge in [-0.15, -0.1) is 0 Å². The Balaban J connectivity index is 1.94. The average Bonchev–Trinajstić information content (AvgIpc) is 2.82. The second kappa shape index (κ2) is 5.54. The van der Waals surface area contributed by atoms with Crippen LogP contribution < -0.4 is 0 Å². The molecule has 3 fully saturated rings. The van der Waals surface area contributed by atoms with Crippen molar-refractivity contribution in [2.75, 3.05) is 0 Å². The maximum atomic E-state index is 11.4. The van der Waals surface area contributed by atoms with E-state index in [1.54, 1.807) is 0 Å². The van der Waals surface area contributed by atoms with E-state index in [0.29, 0.717) is 23.2 Å². The molecule has 0 N–H and O–H groups in total. The lowest BCUT2D eigenvalue weighted by atomic mass is 9.45. The van der Waals surface area contributed by atoms with Gasteiger partial charge in [-0.1, -0.05) is 27.2 Å². The third kappa shape index (κ3) is 2.52. The van der Waals surface area contributed by atoms with E-state index in [1.165, 1.54) is 31.8 Å². The molecule has 0 aromatic carbocycles. The summed E-state index contributed by atoms with van der Waals surface area (Å²) < 4.78 is 6.38. The molecular formula is C20H30O3. The predicted molar refractivity (Wildman–Crippen MR) is 90.1 cm³/mol. The summed E-state index contributed by atoms with van der Waals surface area (Å²) in [5, 5.41) is 0. The second-order valence-corrected chi connectivity index (χ2v) is 9.07. The van der Waals surface area contributed by atoms with Gasteiger partial charge in [-0.2, -0.15) is 0 Å². The zero-order valence-corrected chi connectivity index (χ0v) is 14.9. The molecule has 1 aliphatic heterocycles. The lowest BCUT2D eigenvalue weighted by molar-refractivity contribution is -0.152. The van der Waals surface area contributed by atoms with E-state index in [4.69, 9.17) is 4.74 Å².